The van der Waals surface area contributed by atoms with E-state index in [1.165, 1.54) is 9.80 Å². The van der Waals surface area contributed by atoms with Gasteiger partial charge in [0, 0.05) is 37.5 Å². The minimum absolute atomic E-state index is 0.0590. The molecule has 0 spiro atoms. The largest absolute Gasteiger partial charge is 0.462 e. The highest BCUT2D eigenvalue weighted by atomic mass is 16.5. The van der Waals surface area contributed by atoms with Crippen LogP contribution in [0.1, 0.15) is 41.8 Å². The summed E-state index contributed by atoms with van der Waals surface area (Å²) in [6, 6.07) is 21.6. The van der Waals surface area contributed by atoms with Crippen molar-refractivity contribution in [3.05, 3.63) is 89.5 Å². The molecular weight excluding hydrogens is 508 g/mol. The number of fused-ring (bicyclic) bond motifs is 1. The number of rotatable bonds is 9. The molecule has 0 unspecified atom stereocenters. The third kappa shape index (κ3) is 6.04. The molecule has 206 valence electrons. The van der Waals surface area contributed by atoms with Gasteiger partial charge in [0.05, 0.1) is 29.1 Å². The number of benzene rings is 3. The third-order valence-corrected chi connectivity index (χ3v) is 6.43. The number of carbonyl (C=O) groups is 4. The molecule has 3 aromatic rings. The maximum Gasteiger partial charge on any atom is 0.338 e. The minimum atomic E-state index is -0.457. The van der Waals surface area contributed by atoms with Gasteiger partial charge in [-0.25, -0.2) is 4.79 Å². The van der Waals surface area contributed by atoms with Gasteiger partial charge in [-0.3, -0.25) is 14.4 Å². The first-order valence-corrected chi connectivity index (χ1v) is 13.0. The summed E-state index contributed by atoms with van der Waals surface area (Å²) in [7, 11) is 3.30. The molecule has 1 heterocycles. The van der Waals surface area contributed by atoms with Crippen LogP contribution in [0.25, 0.3) is 11.3 Å². The van der Waals surface area contributed by atoms with Gasteiger partial charge in [-0.1, -0.05) is 43.3 Å². The normalized spacial score (nSPS) is 13.2. The van der Waals surface area contributed by atoms with Crippen molar-refractivity contribution < 1.29 is 23.9 Å². The van der Waals surface area contributed by atoms with E-state index in [0.717, 1.165) is 5.56 Å². The van der Waals surface area contributed by atoms with Crippen LogP contribution in [0.4, 0.5) is 17.1 Å². The van der Waals surface area contributed by atoms with Gasteiger partial charge < -0.3 is 25.2 Å². The Labute approximate surface area is 233 Å². The van der Waals surface area contributed by atoms with Crippen molar-refractivity contribution in [2.24, 2.45) is 0 Å². The van der Waals surface area contributed by atoms with Gasteiger partial charge in [0.25, 0.3) is 5.91 Å². The topological polar surface area (TPSA) is 108 Å². The van der Waals surface area contributed by atoms with Crippen LogP contribution in [-0.2, 0) is 19.1 Å². The summed E-state index contributed by atoms with van der Waals surface area (Å²) >= 11 is 0. The van der Waals surface area contributed by atoms with Crippen LogP contribution < -0.4 is 15.5 Å². The molecule has 9 heteroatoms. The number of nitrogens with one attached hydrogen (secondary N) is 2. The molecule has 0 bridgehead atoms. The van der Waals surface area contributed by atoms with E-state index >= 15 is 0 Å². The Kier molecular flexibility index (Phi) is 8.63. The van der Waals surface area contributed by atoms with E-state index in [0.29, 0.717) is 39.5 Å². The zero-order chi connectivity index (χ0) is 28.8. The van der Waals surface area contributed by atoms with Crippen LogP contribution in [0.2, 0.25) is 0 Å². The van der Waals surface area contributed by atoms with E-state index < -0.39 is 5.97 Å². The van der Waals surface area contributed by atoms with Crippen LogP contribution in [0.5, 0.6) is 0 Å². The first-order valence-electron chi connectivity index (χ1n) is 13.0. The number of likely N-dealkylation sites (N-methyl/N-ethyl adjacent to an activating group) is 1. The average Bonchev–Trinajstić information content (AvgIpc) is 3.29. The molecule has 0 atom stereocenters. The molecule has 4 rings (SSSR count). The second-order valence-corrected chi connectivity index (χ2v) is 9.34. The van der Waals surface area contributed by atoms with Crippen LogP contribution in [-0.4, -0.2) is 55.8 Å². The molecule has 0 saturated carbocycles. The fraction of sp³-hybridized carbons (Fsp3) is 0.226. The number of nitrogens with zero attached hydrogens (tertiary/aromatic N) is 2. The van der Waals surface area contributed by atoms with Gasteiger partial charge in [0.15, 0.2) is 0 Å². The molecule has 3 amide bonds. The molecule has 0 fully saturated rings. The molecule has 0 saturated heterocycles. The molecule has 40 heavy (non-hydrogen) atoms. The molecule has 1 aliphatic rings. The lowest BCUT2D eigenvalue weighted by Crippen LogP contribution is -2.40. The van der Waals surface area contributed by atoms with E-state index in [4.69, 9.17) is 4.74 Å². The van der Waals surface area contributed by atoms with Crippen LogP contribution >= 0.6 is 0 Å². The molecule has 0 aliphatic carbocycles. The zero-order valence-electron chi connectivity index (χ0n) is 23.0. The molecule has 9 nitrogen and oxygen atoms in total. The summed E-state index contributed by atoms with van der Waals surface area (Å²) in [4.78, 5) is 53.3. The fourth-order valence-electron chi connectivity index (χ4n) is 4.31. The average molecular weight is 541 g/mol. The smallest absolute Gasteiger partial charge is 0.338 e. The number of ether oxygens (including phenoxy) is 1. The highest BCUT2D eigenvalue weighted by Crippen LogP contribution is 2.38. The number of esters is 1. The van der Waals surface area contributed by atoms with E-state index in [9.17, 15) is 19.2 Å². The van der Waals surface area contributed by atoms with Crippen molar-refractivity contribution in [2.75, 3.05) is 42.8 Å². The molecule has 1 aliphatic heterocycles. The van der Waals surface area contributed by atoms with Crippen molar-refractivity contribution in [2.45, 2.75) is 20.3 Å². The van der Waals surface area contributed by atoms with Crippen LogP contribution in [0.15, 0.2) is 72.8 Å². The Morgan fingerprint density at radius 2 is 1.57 bits per heavy atom. The Hall–Kier alpha value is -4.92. The summed E-state index contributed by atoms with van der Waals surface area (Å²) in [5.74, 6) is -1.11. The first-order chi connectivity index (χ1) is 19.2. The van der Waals surface area contributed by atoms with Crippen LogP contribution in [0, 0.1) is 0 Å². The maximum atomic E-state index is 13.2. The number of anilines is 3. The maximum absolute atomic E-state index is 13.2. The first kappa shape index (κ1) is 28.1. The highest BCUT2D eigenvalue weighted by molar-refractivity contribution is 6.37. The summed E-state index contributed by atoms with van der Waals surface area (Å²) in [6.45, 7) is 3.69. The van der Waals surface area contributed by atoms with E-state index in [2.05, 4.69) is 10.6 Å². The quantitative estimate of drug-likeness (QED) is 0.303. The van der Waals surface area contributed by atoms with Gasteiger partial charge in [-0.15, -0.1) is 0 Å². The Bertz CT molecular complexity index is 1460. The predicted molar refractivity (Wildman–Crippen MR) is 156 cm³/mol. The molecular formula is C31H32N4O5. The molecule has 3 aromatic carbocycles. The van der Waals surface area contributed by atoms with Gasteiger partial charge in [-0.2, -0.15) is 0 Å². The van der Waals surface area contributed by atoms with Crippen molar-refractivity contribution in [3.63, 3.8) is 0 Å². The van der Waals surface area contributed by atoms with E-state index in [1.54, 1.807) is 70.4 Å². The zero-order valence-corrected chi connectivity index (χ0v) is 23.0. The van der Waals surface area contributed by atoms with Gasteiger partial charge in [0.2, 0.25) is 11.8 Å². The van der Waals surface area contributed by atoms with E-state index in [-0.39, 0.29) is 37.3 Å². The molecule has 0 radical (unpaired) electrons. The van der Waals surface area contributed by atoms with Crippen molar-refractivity contribution in [1.29, 1.82) is 0 Å². The summed E-state index contributed by atoms with van der Waals surface area (Å²) < 4.78 is 5.10. The second-order valence-electron chi connectivity index (χ2n) is 9.34. The number of carbonyl (C=O) groups excluding carboxylic acids is 4. The SMILES string of the molecule is CCOC(=O)c1ccc2c(c1)NC(=O)/C2=C(\Nc1ccc(N(CC(=O)N(C)C)C(=O)CC)cc1)c1ccccc1. The predicted octanol–water partition coefficient (Wildman–Crippen LogP) is 4.63. The van der Waals surface area contributed by atoms with E-state index in [1.807, 2.05) is 30.3 Å². The number of hydrogen-bond donors (Lipinski definition) is 2. The number of amides is 3. The molecule has 2 N–H and O–H groups in total. The monoisotopic (exact) mass is 540 g/mol. The fourth-order valence-corrected chi connectivity index (χ4v) is 4.31. The van der Waals surface area contributed by atoms with Gasteiger partial charge >= 0.3 is 5.97 Å². The summed E-state index contributed by atoms with van der Waals surface area (Å²) in [5, 5.41) is 6.25. The summed E-state index contributed by atoms with van der Waals surface area (Å²) in [5.41, 5.74) is 4.61. The second kappa shape index (κ2) is 12.3. The Morgan fingerprint density at radius 3 is 2.20 bits per heavy atom. The van der Waals surface area contributed by atoms with Gasteiger partial charge in [0.1, 0.15) is 6.54 Å². The minimum Gasteiger partial charge on any atom is -0.462 e. The standard InChI is InChI=1S/C31H32N4O5/c1-5-26(36)35(19-27(37)34(3)4)23-15-13-22(14-16-23)32-29(20-10-8-7-9-11-20)28-24-17-12-21(31(39)40-6-2)18-25(24)33-30(28)38/h7-18,32H,5-6,19H2,1-4H3,(H,33,38)/b29-28-. The third-order valence-electron chi connectivity index (χ3n) is 6.43. The van der Waals surface area contributed by atoms with Crippen molar-refractivity contribution in [3.8, 4) is 0 Å². The van der Waals surface area contributed by atoms with Crippen molar-refractivity contribution >= 4 is 52.0 Å². The molecule has 0 aromatic heterocycles. The lowest BCUT2D eigenvalue weighted by Gasteiger charge is -2.24. The Balaban J connectivity index is 1.71. The lowest BCUT2D eigenvalue weighted by atomic mass is 9.99. The lowest BCUT2D eigenvalue weighted by molar-refractivity contribution is -0.129. The van der Waals surface area contributed by atoms with Crippen molar-refractivity contribution in [1.82, 2.24) is 4.90 Å². The highest BCUT2D eigenvalue weighted by Gasteiger charge is 2.29. The number of hydrogen-bond acceptors (Lipinski definition) is 6. The van der Waals surface area contributed by atoms with Gasteiger partial charge in [-0.05, 0) is 48.9 Å². The summed E-state index contributed by atoms with van der Waals surface area (Å²) in [6.07, 6.45) is 0.261. The Morgan fingerprint density at radius 1 is 0.875 bits per heavy atom. The van der Waals surface area contributed by atoms with Crippen LogP contribution in [0.3, 0.4) is 0 Å².